The second kappa shape index (κ2) is 4.78. The first-order chi connectivity index (χ1) is 9.28. The van der Waals surface area contributed by atoms with Gasteiger partial charge in [-0.15, -0.1) is 0 Å². The van der Waals surface area contributed by atoms with Crippen LogP contribution in [0.5, 0.6) is 0 Å². The van der Waals surface area contributed by atoms with E-state index >= 15 is 0 Å². The zero-order chi connectivity index (χ0) is 13.2. The number of rotatable bonds is 1. The van der Waals surface area contributed by atoms with Gasteiger partial charge in [-0.25, -0.2) is 0 Å². The minimum atomic E-state index is 0.765. The van der Waals surface area contributed by atoms with Crippen LogP contribution in [0.15, 0.2) is 42.5 Å². The number of fused-ring (bicyclic) bond motifs is 1. The SMILES string of the molecule is Cc1cc(N2CCc3ccccc3C2)ccc1C#N. The van der Waals surface area contributed by atoms with Gasteiger partial charge >= 0.3 is 0 Å². The molecular weight excluding hydrogens is 232 g/mol. The van der Waals surface area contributed by atoms with Crippen molar-refractivity contribution in [2.75, 3.05) is 11.4 Å². The molecule has 2 nitrogen and oxygen atoms in total. The Morgan fingerprint density at radius 2 is 1.89 bits per heavy atom. The summed E-state index contributed by atoms with van der Waals surface area (Å²) >= 11 is 0. The first-order valence-electron chi connectivity index (χ1n) is 6.60. The molecule has 2 aromatic rings. The molecule has 0 aromatic heterocycles. The summed E-state index contributed by atoms with van der Waals surface area (Å²) in [6.45, 7) is 4.00. The van der Waals surface area contributed by atoms with Crippen LogP contribution in [0.3, 0.4) is 0 Å². The normalized spacial score (nSPS) is 13.8. The molecule has 0 bridgehead atoms. The van der Waals surface area contributed by atoms with E-state index in [1.165, 1.54) is 16.8 Å². The quantitative estimate of drug-likeness (QED) is 0.773. The van der Waals surface area contributed by atoms with Gasteiger partial charge in [-0.2, -0.15) is 5.26 Å². The van der Waals surface area contributed by atoms with Crippen molar-refractivity contribution in [1.29, 1.82) is 5.26 Å². The summed E-state index contributed by atoms with van der Waals surface area (Å²) in [7, 11) is 0. The summed E-state index contributed by atoms with van der Waals surface area (Å²) in [5, 5.41) is 8.99. The van der Waals surface area contributed by atoms with Crippen LogP contribution in [0.4, 0.5) is 5.69 Å². The third-order valence-electron chi connectivity index (χ3n) is 3.83. The molecule has 3 rings (SSSR count). The van der Waals surface area contributed by atoms with E-state index in [2.05, 4.69) is 47.4 Å². The van der Waals surface area contributed by atoms with E-state index in [1.807, 2.05) is 13.0 Å². The number of benzene rings is 2. The van der Waals surface area contributed by atoms with Crippen molar-refractivity contribution in [3.8, 4) is 6.07 Å². The molecular formula is C17H16N2. The third-order valence-corrected chi connectivity index (χ3v) is 3.83. The molecule has 0 saturated carbocycles. The fourth-order valence-corrected chi connectivity index (χ4v) is 2.69. The average Bonchev–Trinajstić information content (AvgIpc) is 2.46. The summed E-state index contributed by atoms with van der Waals surface area (Å²) in [5.41, 5.74) is 5.91. The lowest BCUT2D eigenvalue weighted by atomic mass is 9.99. The Hall–Kier alpha value is -2.27. The molecule has 0 spiro atoms. The van der Waals surface area contributed by atoms with E-state index in [0.29, 0.717) is 0 Å². The maximum Gasteiger partial charge on any atom is 0.0994 e. The topological polar surface area (TPSA) is 27.0 Å². The molecule has 0 unspecified atom stereocenters. The molecule has 1 aliphatic heterocycles. The molecule has 19 heavy (non-hydrogen) atoms. The molecule has 0 N–H and O–H groups in total. The van der Waals surface area contributed by atoms with Crippen LogP contribution < -0.4 is 4.90 Å². The molecule has 94 valence electrons. The van der Waals surface area contributed by atoms with Crippen molar-refractivity contribution in [2.45, 2.75) is 19.9 Å². The van der Waals surface area contributed by atoms with Gasteiger partial charge in [-0.3, -0.25) is 0 Å². The molecule has 2 aromatic carbocycles. The van der Waals surface area contributed by atoms with E-state index in [4.69, 9.17) is 5.26 Å². The average molecular weight is 248 g/mol. The number of nitriles is 1. The van der Waals surface area contributed by atoms with Crippen molar-refractivity contribution in [2.24, 2.45) is 0 Å². The van der Waals surface area contributed by atoms with Gasteiger partial charge in [0.1, 0.15) is 0 Å². The van der Waals surface area contributed by atoms with Crippen LogP contribution in [0.2, 0.25) is 0 Å². The van der Waals surface area contributed by atoms with E-state index in [1.54, 1.807) is 0 Å². The van der Waals surface area contributed by atoms with Crippen LogP contribution in [-0.4, -0.2) is 6.54 Å². The minimum absolute atomic E-state index is 0.765. The van der Waals surface area contributed by atoms with Crippen LogP contribution in [0.25, 0.3) is 0 Å². The fraction of sp³-hybridized carbons (Fsp3) is 0.235. The minimum Gasteiger partial charge on any atom is -0.367 e. The highest BCUT2D eigenvalue weighted by Gasteiger charge is 2.16. The highest BCUT2D eigenvalue weighted by Crippen LogP contribution is 2.25. The van der Waals surface area contributed by atoms with E-state index in [9.17, 15) is 0 Å². The van der Waals surface area contributed by atoms with Crippen LogP contribution in [0, 0.1) is 18.3 Å². The zero-order valence-corrected chi connectivity index (χ0v) is 11.1. The maximum absolute atomic E-state index is 8.99. The Morgan fingerprint density at radius 3 is 2.63 bits per heavy atom. The van der Waals surface area contributed by atoms with Gasteiger partial charge in [0.05, 0.1) is 11.6 Å². The Kier molecular flexibility index (Phi) is 2.97. The zero-order valence-electron chi connectivity index (χ0n) is 11.1. The first-order valence-corrected chi connectivity index (χ1v) is 6.60. The van der Waals surface area contributed by atoms with Crippen LogP contribution in [0.1, 0.15) is 22.3 Å². The molecule has 1 heterocycles. The summed E-state index contributed by atoms with van der Waals surface area (Å²) in [6, 6.07) is 17.0. The van der Waals surface area contributed by atoms with Crippen molar-refractivity contribution in [1.82, 2.24) is 0 Å². The van der Waals surface area contributed by atoms with Crippen molar-refractivity contribution >= 4 is 5.69 Å². The number of nitrogens with zero attached hydrogens (tertiary/aromatic N) is 2. The summed E-state index contributed by atoms with van der Waals surface area (Å²) < 4.78 is 0. The molecule has 0 fully saturated rings. The highest BCUT2D eigenvalue weighted by atomic mass is 15.1. The number of aryl methyl sites for hydroxylation is 1. The molecule has 1 aliphatic rings. The summed E-state index contributed by atoms with van der Waals surface area (Å²) in [5.74, 6) is 0. The molecule has 0 amide bonds. The summed E-state index contributed by atoms with van der Waals surface area (Å²) in [6.07, 6.45) is 1.09. The largest absolute Gasteiger partial charge is 0.367 e. The Bertz CT molecular complexity index is 653. The van der Waals surface area contributed by atoms with Crippen molar-refractivity contribution < 1.29 is 0 Å². The smallest absolute Gasteiger partial charge is 0.0994 e. The van der Waals surface area contributed by atoms with E-state index in [-0.39, 0.29) is 0 Å². The Balaban J connectivity index is 1.89. The predicted octanol–water partition coefficient (Wildman–Crippen LogP) is 3.43. The number of hydrogen-bond donors (Lipinski definition) is 0. The maximum atomic E-state index is 8.99. The van der Waals surface area contributed by atoms with Gasteiger partial charge in [0.15, 0.2) is 0 Å². The Labute approximate surface area is 113 Å². The van der Waals surface area contributed by atoms with Crippen molar-refractivity contribution in [3.63, 3.8) is 0 Å². The Morgan fingerprint density at radius 1 is 1.11 bits per heavy atom. The second-order valence-corrected chi connectivity index (χ2v) is 5.05. The lowest BCUT2D eigenvalue weighted by Crippen LogP contribution is -2.30. The fourth-order valence-electron chi connectivity index (χ4n) is 2.69. The first kappa shape index (κ1) is 11.8. The van der Waals surface area contributed by atoms with Crippen LogP contribution >= 0.6 is 0 Å². The van der Waals surface area contributed by atoms with Gasteiger partial charge in [0.25, 0.3) is 0 Å². The number of anilines is 1. The lowest BCUT2D eigenvalue weighted by Gasteiger charge is -2.31. The van der Waals surface area contributed by atoms with Crippen LogP contribution in [-0.2, 0) is 13.0 Å². The van der Waals surface area contributed by atoms with E-state index < -0.39 is 0 Å². The summed E-state index contributed by atoms with van der Waals surface area (Å²) in [4.78, 5) is 2.39. The van der Waals surface area contributed by atoms with Gasteiger partial charge in [0, 0.05) is 18.8 Å². The number of hydrogen-bond acceptors (Lipinski definition) is 2. The lowest BCUT2D eigenvalue weighted by molar-refractivity contribution is 0.731. The molecule has 2 heteroatoms. The highest BCUT2D eigenvalue weighted by molar-refractivity contribution is 5.55. The monoisotopic (exact) mass is 248 g/mol. The molecule has 0 atom stereocenters. The standard InChI is InChI=1S/C17H16N2/c1-13-10-17(7-6-15(13)11-18)19-9-8-14-4-2-3-5-16(14)12-19/h2-7,10H,8-9,12H2,1H3. The van der Waals surface area contributed by atoms with Gasteiger partial charge in [0.2, 0.25) is 0 Å². The molecule has 0 saturated heterocycles. The third kappa shape index (κ3) is 2.20. The van der Waals surface area contributed by atoms with E-state index in [0.717, 1.165) is 30.6 Å². The van der Waals surface area contributed by atoms with Gasteiger partial charge in [-0.05, 0) is 48.2 Å². The second-order valence-electron chi connectivity index (χ2n) is 5.05. The molecule has 0 radical (unpaired) electrons. The van der Waals surface area contributed by atoms with Crippen molar-refractivity contribution in [3.05, 3.63) is 64.7 Å². The molecule has 0 aliphatic carbocycles. The van der Waals surface area contributed by atoms with Gasteiger partial charge in [-0.1, -0.05) is 24.3 Å². The van der Waals surface area contributed by atoms with Gasteiger partial charge < -0.3 is 4.90 Å². The predicted molar refractivity (Wildman–Crippen MR) is 77.1 cm³/mol.